The highest BCUT2D eigenvalue weighted by molar-refractivity contribution is 7.94. The summed E-state index contributed by atoms with van der Waals surface area (Å²) < 4.78 is 35.1. The fourth-order valence-corrected chi connectivity index (χ4v) is 8.15. The molecule has 2 N–H and O–H groups in total. The average Bonchev–Trinajstić information content (AvgIpc) is 3.25. The third-order valence-corrected chi connectivity index (χ3v) is 10.1. The standard InChI is InChI=1S/C28H38N4O3S2/c1-19(2)18-32(37(33,34)28-20(3)31-21(4)36-28)24-13-14-26(35-5)23(16-24)17-30-25-12-9-15-29-27(25)22-10-7-6-8-11-22/h6-8,10-11,13-14,16,19,25,27,29-30H,9,12,15,17-18H2,1-5H3/t25-,27-/m0/s1. The quantitative estimate of drug-likeness (QED) is 0.366. The molecule has 0 bridgehead atoms. The Morgan fingerprint density at radius 3 is 2.59 bits per heavy atom. The summed E-state index contributed by atoms with van der Waals surface area (Å²) in [5.41, 5.74) is 3.38. The molecule has 0 radical (unpaired) electrons. The summed E-state index contributed by atoms with van der Waals surface area (Å²) in [6.07, 6.45) is 2.17. The highest BCUT2D eigenvalue weighted by Crippen LogP contribution is 2.33. The lowest BCUT2D eigenvalue weighted by molar-refractivity contribution is 0.303. The summed E-state index contributed by atoms with van der Waals surface area (Å²) in [4.78, 5) is 4.37. The minimum atomic E-state index is -3.76. The molecule has 0 unspecified atom stereocenters. The number of nitrogens with zero attached hydrogens (tertiary/aromatic N) is 2. The van der Waals surface area contributed by atoms with Crippen LogP contribution in [0.3, 0.4) is 0 Å². The van der Waals surface area contributed by atoms with Gasteiger partial charge in [0.1, 0.15) is 5.75 Å². The van der Waals surface area contributed by atoms with Crippen LogP contribution in [0.15, 0.2) is 52.7 Å². The van der Waals surface area contributed by atoms with Crippen molar-refractivity contribution in [3.05, 3.63) is 70.4 Å². The van der Waals surface area contributed by atoms with E-state index in [4.69, 9.17) is 4.74 Å². The molecule has 0 saturated carbocycles. The second-order valence-electron chi connectivity index (χ2n) is 10.0. The smallest absolute Gasteiger partial charge is 0.275 e. The van der Waals surface area contributed by atoms with Gasteiger partial charge >= 0.3 is 0 Å². The van der Waals surface area contributed by atoms with Crippen LogP contribution in [0.5, 0.6) is 5.75 Å². The zero-order valence-electron chi connectivity index (χ0n) is 22.3. The van der Waals surface area contributed by atoms with Crippen LogP contribution in [-0.2, 0) is 16.6 Å². The van der Waals surface area contributed by atoms with Crippen molar-refractivity contribution in [2.75, 3.05) is 24.5 Å². The van der Waals surface area contributed by atoms with Crippen molar-refractivity contribution in [2.45, 2.75) is 63.4 Å². The topological polar surface area (TPSA) is 83.6 Å². The third-order valence-electron chi connectivity index (χ3n) is 6.64. The van der Waals surface area contributed by atoms with Crippen molar-refractivity contribution in [1.82, 2.24) is 15.6 Å². The van der Waals surface area contributed by atoms with E-state index < -0.39 is 10.0 Å². The predicted octanol–water partition coefficient (Wildman–Crippen LogP) is 5.20. The molecule has 2 aromatic carbocycles. The largest absolute Gasteiger partial charge is 0.496 e. The Morgan fingerprint density at radius 2 is 1.95 bits per heavy atom. The maximum Gasteiger partial charge on any atom is 0.275 e. The van der Waals surface area contributed by atoms with Gasteiger partial charge in [0.05, 0.1) is 23.5 Å². The Bertz CT molecular complexity index is 1290. The van der Waals surface area contributed by atoms with Gasteiger partial charge in [-0.2, -0.15) is 0 Å². The molecule has 7 nitrogen and oxygen atoms in total. The summed E-state index contributed by atoms with van der Waals surface area (Å²) in [5.74, 6) is 0.885. The minimum absolute atomic E-state index is 0.146. The summed E-state index contributed by atoms with van der Waals surface area (Å²) in [6.45, 7) is 9.59. The lowest BCUT2D eigenvalue weighted by Gasteiger charge is -2.34. The number of hydrogen-bond acceptors (Lipinski definition) is 7. The summed E-state index contributed by atoms with van der Waals surface area (Å²) in [6, 6.07) is 16.6. The SMILES string of the molecule is COc1ccc(N(CC(C)C)S(=O)(=O)c2sc(C)nc2C)cc1CN[C@H]1CCCN[C@H]1c1ccccc1. The molecule has 4 rings (SSSR count). The van der Waals surface area contributed by atoms with Crippen molar-refractivity contribution in [2.24, 2.45) is 5.92 Å². The van der Waals surface area contributed by atoms with Crippen LogP contribution in [0.2, 0.25) is 0 Å². The fraction of sp³-hybridized carbons (Fsp3) is 0.464. The maximum atomic E-state index is 13.8. The van der Waals surface area contributed by atoms with Gasteiger partial charge < -0.3 is 15.4 Å². The summed E-state index contributed by atoms with van der Waals surface area (Å²) in [5, 5.41) is 8.14. The van der Waals surface area contributed by atoms with E-state index in [9.17, 15) is 8.42 Å². The number of aryl methyl sites for hydroxylation is 2. The van der Waals surface area contributed by atoms with E-state index in [-0.39, 0.29) is 18.0 Å². The van der Waals surface area contributed by atoms with Gasteiger partial charge in [-0.25, -0.2) is 13.4 Å². The van der Waals surface area contributed by atoms with Crippen molar-refractivity contribution in [3.8, 4) is 5.75 Å². The molecule has 0 spiro atoms. The molecule has 1 aromatic heterocycles. The van der Waals surface area contributed by atoms with E-state index in [1.165, 1.54) is 21.2 Å². The predicted molar refractivity (Wildman–Crippen MR) is 151 cm³/mol. The second kappa shape index (κ2) is 11.9. The number of rotatable bonds is 10. The lowest BCUT2D eigenvalue weighted by Crippen LogP contribution is -2.45. The van der Waals surface area contributed by atoms with E-state index in [0.717, 1.165) is 35.7 Å². The molecule has 1 aliphatic rings. The van der Waals surface area contributed by atoms with Crippen LogP contribution in [0.1, 0.15) is 54.6 Å². The number of nitrogens with one attached hydrogen (secondary N) is 2. The number of benzene rings is 2. The first-order valence-electron chi connectivity index (χ1n) is 12.9. The Balaban J connectivity index is 1.63. The minimum Gasteiger partial charge on any atom is -0.496 e. The van der Waals surface area contributed by atoms with Crippen molar-refractivity contribution >= 4 is 27.0 Å². The Labute approximate surface area is 225 Å². The molecule has 2 heterocycles. The van der Waals surface area contributed by atoms with Crippen LogP contribution in [0.4, 0.5) is 5.69 Å². The van der Waals surface area contributed by atoms with Crippen molar-refractivity contribution < 1.29 is 13.2 Å². The average molecular weight is 543 g/mol. The van der Waals surface area contributed by atoms with Crippen molar-refractivity contribution in [3.63, 3.8) is 0 Å². The third kappa shape index (κ3) is 6.34. The monoisotopic (exact) mass is 542 g/mol. The molecule has 1 fully saturated rings. The molecule has 9 heteroatoms. The molecule has 0 aliphatic carbocycles. The van der Waals surface area contributed by atoms with Gasteiger partial charge in [0.15, 0.2) is 4.21 Å². The molecule has 0 amide bonds. The van der Waals surface area contributed by atoms with Gasteiger partial charge in [0, 0.05) is 30.7 Å². The van der Waals surface area contributed by atoms with E-state index in [2.05, 4.69) is 39.9 Å². The molecule has 2 atom stereocenters. The molecule has 1 aliphatic heterocycles. The van der Waals surface area contributed by atoms with E-state index >= 15 is 0 Å². The summed E-state index contributed by atoms with van der Waals surface area (Å²) >= 11 is 1.23. The Morgan fingerprint density at radius 1 is 1.19 bits per heavy atom. The van der Waals surface area contributed by atoms with Crippen LogP contribution in [0.25, 0.3) is 0 Å². The molecule has 200 valence electrons. The molecular formula is C28H38N4O3S2. The Kier molecular flexibility index (Phi) is 8.90. The lowest BCUT2D eigenvalue weighted by atomic mass is 9.92. The maximum absolute atomic E-state index is 13.8. The van der Waals surface area contributed by atoms with Crippen molar-refractivity contribution in [1.29, 1.82) is 0 Å². The number of anilines is 1. The number of aromatic nitrogens is 1. The summed E-state index contributed by atoms with van der Waals surface area (Å²) in [7, 11) is -2.11. The normalized spacial score (nSPS) is 18.2. The van der Waals surface area contributed by atoms with Crippen LogP contribution in [-0.4, -0.2) is 39.6 Å². The first-order chi connectivity index (χ1) is 17.7. The van der Waals surface area contributed by atoms with Crippen LogP contribution >= 0.6 is 11.3 Å². The highest BCUT2D eigenvalue weighted by atomic mass is 32.2. The molecule has 1 saturated heterocycles. The molecule has 3 aromatic rings. The number of piperidine rings is 1. The van der Waals surface area contributed by atoms with Crippen LogP contribution < -0.4 is 19.7 Å². The van der Waals surface area contributed by atoms with Gasteiger partial charge in [-0.15, -0.1) is 11.3 Å². The number of thiazole rings is 1. The van der Waals surface area contributed by atoms with Gasteiger partial charge in [-0.1, -0.05) is 44.2 Å². The molecule has 37 heavy (non-hydrogen) atoms. The first kappa shape index (κ1) is 27.6. The zero-order chi connectivity index (χ0) is 26.6. The van der Waals surface area contributed by atoms with Gasteiger partial charge in [-0.3, -0.25) is 4.31 Å². The Hall–Kier alpha value is -2.46. The second-order valence-corrected chi connectivity index (χ2v) is 13.3. The fourth-order valence-electron chi connectivity index (χ4n) is 4.94. The number of sulfonamides is 1. The molecular weight excluding hydrogens is 504 g/mol. The zero-order valence-corrected chi connectivity index (χ0v) is 24.0. The van der Waals surface area contributed by atoms with Gasteiger partial charge in [0.25, 0.3) is 10.0 Å². The van der Waals surface area contributed by atoms with E-state index in [0.29, 0.717) is 28.7 Å². The van der Waals surface area contributed by atoms with Gasteiger partial charge in [-0.05, 0) is 62.9 Å². The van der Waals surface area contributed by atoms with Gasteiger partial charge in [0.2, 0.25) is 0 Å². The first-order valence-corrected chi connectivity index (χ1v) is 15.1. The number of methoxy groups -OCH3 is 1. The number of ether oxygens (including phenoxy) is 1. The number of hydrogen-bond donors (Lipinski definition) is 2. The van der Waals surface area contributed by atoms with E-state index in [1.807, 2.05) is 45.0 Å². The van der Waals surface area contributed by atoms with Crippen LogP contribution in [0, 0.1) is 19.8 Å². The van der Waals surface area contributed by atoms with E-state index in [1.54, 1.807) is 14.0 Å². The highest BCUT2D eigenvalue weighted by Gasteiger charge is 2.31.